The van der Waals surface area contributed by atoms with Crippen molar-refractivity contribution >= 4 is 47.8 Å². The maximum atomic E-state index is 12.1. The van der Waals surface area contributed by atoms with Gasteiger partial charge in [0.2, 0.25) is 0 Å². The minimum absolute atomic E-state index is 0.147. The van der Waals surface area contributed by atoms with E-state index in [2.05, 4.69) is 5.32 Å². The van der Waals surface area contributed by atoms with Crippen LogP contribution >= 0.6 is 0 Å². The molecule has 0 radical (unpaired) electrons. The first-order valence-electron chi connectivity index (χ1n) is 10.5. The second kappa shape index (κ2) is 14.1. The number of benzene rings is 2. The molecule has 0 aliphatic heterocycles. The Hall–Kier alpha value is -3.40. The molecule has 0 unspecified atom stereocenters. The minimum Gasteiger partial charge on any atom is -0.465 e. The molecule has 2 aromatic rings. The third-order valence-corrected chi connectivity index (χ3v) is 6.36. The number of Topliss-reactive ketones (excluding diaryl/α,β-unsaturated/α-hetero) is 1. The largest absolute Gasteiger partial charge is 0.465 e. The van der Waals surface area contributed by atoms with Crippen LogP contribution in [0.5, 0.6) is 5.75 Å². The van der Waals surface area contributed by atoms with E-state index in [0.29, 0.717) is 5.56 Å². The zero-order valence-corrected chi connectivity index (χ0v) is 21.3. The zero-order chi connectivity index (χ0) is 26.6. The van der Waals surface area contributed by atoms with Gasteiger partial charge >= 0.3 is 100 Å². The van der Waals surface area contributed by atoms with E-state index in [9.17, 15) is 28.0 Å². The quantitative estimate of drug-likeness (QED) is 0.115. The molecule has 2 aromatic carbocycles. The van der Waals surface area contributed by atoms with Gasteiger partial charge < -0.3 is 9.47 Å². The summed E-state index contributed by atoms with van der Waals surface area (Å²) in [5.41, 5.74) is 0.226. The van der Waals surface area contributed by atoms with Crippen LogP contribution < -0.4 is 9.67 Å². The molecule has 0 saturated carbocycles. The van der Waals surface area contributed by atoms with Crippen LogP contribution in [-0.4, -0.2) is 64.3 Å². The number of para-hydroxylation sites is 1. The number of carbonyl (C=O) groups excluding carboxylic acids is 4. The van der Waals surface area contributed by atoms with Crippen LogP contribution in [0.15, 0.2) is 48.5 Å². The van der Waals surface area contributed by atoms with Crippen LogP contribution in [0.25, 0.3) is 0 Å². The maximum Gasteiger partial charge on any atom is 0.320 e. The number of carbonyl (C=O) groups is 4. The molecule has 11 nitrogen and oxygen atoms in total. The van der Waals surface area contributed by atoms with Gasteiger partial charge in [-0.3, -0.25) is 14.4 Å². The van der Waals surface area contributed by atoms with Crippen molar-refractivity contribution in [2.45, 2.75) is 27.2 Å². The third-order valence-electron chi connectivity index (χ3n) is 4.26. The van der Waals surface area contributed by atoms with E-state index in [-0.39, 0.29) is 41.2 Å². The number of ether oxygens (including phenoxy) is 2. The first-order chi connectivity index (χ1) is 16.4. The molecule has 0 aliphatic carbocycles. The van der Waals surface area contributed by atoms with Crippen LogP contribution in [0.2, 0.25) is 0 Å². The monoisotopic (exact) mass is 553 g/mol. The summed E-state index contributed by atoms with van der Waals surface area (Å²) in [5.74, 6) is -3.83. The van der Waals surface area contributed by atoms with Gasteiger partial charge in [-0.2, -0.15) is 0 Å². The van der Waals surface area contributed by atoms with E-state index in [1.165, 1.54) is 25.1 Å². The smallest absolute Gasteiger partial charge is 0.320 e. The molecular weight excluding hydrogens is 525 g/mol. The molecule has 2 rings (SSSR count). The summed E-state index contributed by atoms with van der Waals surface area (Å²) < 4.78 is 38.4. The summed E-state index contributed by atoms with van der Waals surface area (Å²) in [6.07, 6.45) is -0.248. The van der Waals surface area contributed by atoms with Gasteiger partial charge in [0, 0.05) is 12.0 Å². The molecule has 190 valence electrons. The van der Waals surface area contributed by atoms with Gasteiger partial charge in [-0.05, 0) is 13.8 Å². The van der Waals surface area contributed by atoms with Crippen molar-refractivity contribution in [3.63, 3.8) is 0 Å². The molecule has 0 aliphatic rings. The van der Waals surface area contributed by atoms with E-state index < -0.39 is 37.9 Å². The molecule has 0 atom stereocenters. The van der Waals surface area contributed by atoms with Gasteiger partial charge in [0.1, 0.15) is 0 Å². The summed E-state index contributed by atoms with van der Waals surface area (Å²) in [4.78, 5) is 46.3. The van der Waals surface area contributed by atoms with Gasteiger partial charge in [-0.25, -0.2) is 0 Å². The molecule has 1 amide bonds. The van der Waals surface area contributed by atoms with Crippen molar-refractivity contribution < 1.29 is 45.7 Å². The molecule has 35 heavy (non-hydrogen) atoms. The van der Waals surface area contributed by atoms with E-state index >= 15 is 0 Å². The van der Waals surface area contributed by atoms with E-state index in [0.717, 1.165) is 0 Å². The Balaban J connectivity index is 0.000000365. The SMILES string of the molecule is CC(=O)Nc1c(O)cccc1[As](=O)(O)O.CCOC(=O)C(CC(=O)c1ccccc1)C(=O)OCC. The first-order valence-corrected chi connectivity index (χ1v) is 13.9. The molecule has 0 heterocycles. The molecule has 0 aromatic heterocycles. The van der Waals surface area contributed by atoms with Gasteiger partial charge in [-0.15, -0.1) is 0 Å². The summed E-state index contributed by atoms with van der Waals surface area (Å²) in [5, 5.41) is 11.5. The maximum absolute atomic E-state index is 12.1. The Kier molecular flexibility index (Phi) is 11.9. The fraction of sp³-hybridized carbons (Fsp3) is 0.304. The van der Waals surface area contributed by atoms with Crippen molar-refractivity contribution in [2.75, 3.05) is 18.5 Å². The Morgan fingerprint density at radius 2 is 1.46 bits per heavy atom. The van der Waals surface area contributed by atoms with Crippen LogP contribution in [-0.2, 0) is 27.6 Å². The Morgan fingerprint density at radius 3 is 1.91 bits per heavy atom. The Labute approximate surface area is 205 Å². The Morgan fingerprint density at radius 1 is 0.914 bits per heavy atom. The summed E-state index contributed by atoms with van der Waals surface area (Å²) in [6, 6.07) is 12.2. The fourth-order valence-corrected chi connectivity index (χ4v) is 4.31. The zero-order valence-electron chi connectivity index (χ0n) is 19.5. The average Bonchev–Trinajstić information content (AvgIpc) is 2.79. The predicted octanol–water partition coefficient (Wildman–Crippen LogP) is 0.913. The number of aromatic hydroxyl groups is 1. The van der Waals surface area contributed by atoms with E-state index in [1.54, 1.807) is 44.2 Å². The molecule has 0 spiro atoms. The summed E-state index contributed by atoms with van der Waals surface area (Å²) >= 11 is -5.14. The molecule has 0 saturated heterocycles. The number of anilines is 1. The Bertz CT molecular complexity index is 1060. The van der Waals surface area contributed by atoms with Gasteiger partial charge in [0.15, 0.2) is 11.7 Å². The number of rotatable bonds is 9. The molecule has 12 heteroatoms. The topological polar surface area (TPSA) is 177 Å². The molecular formula is C23H28AsNO10. The van der Waals surface area contributed by atoms with E-state index in [1.807, 2.05) is 0 Å². The van der Waals surface area contributed by atoms with Crippen molar-refractivity contribution in [1.29, 1.82) is 0 Å². The number of hydrogen-bond donors (Lipinski definition) is 4. The summed E-state index contributed by atoms with van der Waals surface area (Å²) in [7, 11) is 0. The first kappa shape index (κ1) is 29.6. The van der Waals surface area contributed by atoms with E-state index in [4.69, 9.17) is 17.7 Å². The van der Waals surface area contributed by atoms with Crippen molar-refractivity contribution in [1.82, 2.24) is 0 Å². The predicted molar refractivity (Wildman–Crippen MR) is 125 cm³/mol. The second-order valence-corrected chi connectivity index (χ2v) is 10.2. The van der Waals surface area contributed by atoms with Crippen LogP contribution in [0, 0.1) is 5.92 Å². The number of hydrogen-bond acceptors (Lipinski definition) is 8. The normalized spacial score (nSPS) is 10.6. The van der Waals surface area contributed by atoms with Crippen LogP contribution in [0.3, 0.4) is 0 Å². The fourth-order valence-electron chi connectivity index (χ4n) is 2.75. The molecule has 4 N–H and O–H groups in total. The minimum atomic E-state index is -5.14. The third kappa shape index (κ3) is 9.77. The number of ketones is 1. The van der Waals surface area contributed by atoms with Crippen molar-refractivity contribution in [3.8, 4) is 5.75 Å². The number of amides is 1. The second-order valence-electron chi connectivity index (χ2n) is 6.95. The van der Waals surface area contributed by atoms with Crippen LogP contribution in [0.1, 0.15) is 37.6 Å². The molecule has 0 fully saturated rings. The number of phenols is 1. The van der Waals surface area contributed by atoms with Gasteiger partial charge in [0.25, 0.3) is 0 Å². The number of nitrogens with one attached hydrogen (secondary N) is 1. The van der Waals surface area contributed by atoms with Gasteiger partial charge in [0.05, 0.1) is 13.2 Å². The molecule has 0 bridgehead atoms. The van der Waals surface area contributed by atoms with Crippen LogP contribution in [0.4, 0.5) is 5.69 Å². The van der Waals surface area contributed by atoms with Gasteiger partial charge in [-0.1, -0.05) is 30.3 Å². The van der Waals surface area contributed by atoms with Crippen molar-refractivity contribution in [3.05, 3.63) is 54.1 Å². The summed E-state index contributed by atoms with van der Waals surface area (Å²) in [6.45, 7) is 4.75. The number of phenolic OH excluding ortho intramolecular Hbond substituents is 1. The average molecular weight is 553 g/mol. The standard InChI is InChI=1S/C15H18O5.C8H10AsNO5/c1-3-19-14(17)12(15(18)20-4-2)10-13(16)11-8-6-5-7-9-11;1-5(11)10-8-6(9(13,14)15)3-2-4-7(8)12/h5-9,12H,3-4,10H2,1-2H3;2-4,12H,1H3,(H,10,11)(H2,13,14,15). The number of esters is 2. The van der Waals surface area contributed by atoms with Crippen molar-refractivity contribution in [2.24, 2.45) is 5.92 Å².